The fourth-order valence-electron chi connectivity index (χ4n) is 4.33. The van der Waals surface area contributed by atoms with E-state index in [-0.39, 0.29) is 12.0 Å². The van der Waals surface area contributed by atoms with E-state index < -0.39 is 23.7 Å². The van der Waals surface area contributed by atoms with E-state index in [1.165, 1.54) is 11.0 Å². The highest BCUT2D eigenvalue weighted by Gasteiger charge is 2.28. The summed E-state index contributed by atoms with van der Waals surface area (Å²) in [7, 11) is 0. The number of primary amides is 1. The predicted octanol–water partition coefficient (Wildman–Crippen LogP) is 6.44. The van der Waals surface area contributed by atoms with Gasteiger partial charge in [-0.25, -0.2) is 9.18 Å². The Morgan fingerprint density at radius 3 is 2.06 bits per heavy atom. The minimum atomic E-state index is -0.997. The highest BCUT2D eigenvalue weighted by atomic mass is 19.1. The Morgan fingerprint density at radius 2 is 1.59 bits per heavy atom. The summed E-state index contributed by atoms with van der Waals surface area (Å²) in [6, 6.07) is 9.75. The Hall–Kier alpha value is -3.09. The summed E-state index contributed by atoms with van der Waals surface area (Å²) in [6.07, 6.45) is 0.249. The fraction of sp³-hybridized carbons (Fsp3) is 0.481. The van der Waals surface area contributed by atoms with Gasteiger partial charge in [-0.15, -0.1) is 0 Å². The number of carbonyl (C=O) groups excluding carboxylic acids is 1. The molecular weight excluding hydrogens is 433 g/mol. The van der Waals surface area contributed by atoms with Gasteiger partial charge in [0.1, 0.15) is 5.82 Å². The highest BCUT2D eigenvalue weighted by molar-refractivity contribution is 6.02. The third-order valence-electron chi connectivity index (χ3n) is 5.78. The van der Waals surface area contributed by atoms with E-state index in [4.69, 9.17) is 5.73 Å². The molecule has 0 radical (unpaired) electrons. The molecule has 3 N–H and O–H groups in total. The normalized spacial score (nSPS) is 12.1. The Morgan fingerprint density at radius 1 is 1.00 bits per heavy atom. The lowest BCUT2D eigenvalue weighted by atomic mass is 9.91. The van der Waals surface area contributed by atoms with Crippen LogP contribution in [-0.2, 0) is 4.79 Å². The quantitative estimate of drug-likeness (QED) is 0.395. The van der Waals surface area contributed by atoms with E-state index in [1.54, 1.807) is 12.1 Å². The summed E-state index contributed by atoms with van der Waals surface area (Å²) in [5.41, 5.74) is 8.65. The second-order valence-electron chi connectivity index (χ2n) is 9.72. The second-order valence-corrected chi connectivity index (χ2v) is 9.72. The van der Waals surface area contributed by atoms with Crippen molar-refractivity contribution in [3.05, 3.63) is 53.3 Å². The van der Waals surface area contributed by atoms with Crippen molar-refractivity contribution in [1.82, 2.24) is 0 Å². The maximum atomic E-state index is 15.5. The molecule has 0 aliphatic heterocycles. The molecule has 34 heavy (non-hydrogen) atoms. The minimum absolute atomic E-state index is 0.200. The van der Waals surface area contributed by atoms with Crippen LogP contribution in [0.1, 0.15) is 64.5 Å². The number of nitrogens with zero attached hydrogens (tertiary/aromatic N) is 2. The number of anilines is 3. The number of benzene rings is 2. The molecule has 7 heteroatoms. The van der Waals surface area contributed by atoms with Crippen molar-refractivity contribution in [3.63, 3.8) is 0 Å². The van der Waals surface area contributed by atoms with Gasteiger partial charge < -0.3 is 15.7 Å². The summed E-state index contributed by atoms with van der Waals surface area (Å²) in [6.45, 7) is 13.4. The number of carboxylic acids is 1. The molecule has 0 heterocycles. The van der Waals surface area contributed by atoms with E-state index in [9.17, 15) is 14.7 Å². The van der Waals surface area contributed by atoms with Crippen molar-refractivity contribution in [3.8, 4) is 0 Å². The smallest absolute Gasteiger partial charge is 0.323 e. The van der Waals surface area contributed by atoms with Gasteiger partial charge in [-0.3, -0.25) is 9.69 Å². The molecular formula is C27H38FN3O3. The zero-order chi connectivity index (χ0) is 25.6. The number of rotatable bonds is 11. The highest BCUT2D eigenvalue weighted by Crippen LogP contribution is 2.41. The molecule has 0 fully saturated rings. The number of nitrogens with two attached hydrogens (primary N) is 1. The van der Waals surface area contributed by atoms with Gasteiger partial charge in [0.2, 0.25) is 0 Å². The molecule has 2 rings (SSSR count). The summed E-state index contributed by atoms with van der Waals surface area (Å²) in [4.78, 5) is 27.8. The molecule has 0 saturated heterocycles. The maximum absolute atomic E-state index is 15.5. The standard InChI is InChI=1S/C27H38FN3O3/c1-7-20(12-26(32)33)21-13-25(31(27(29)34)23-11-9-8-10-19(23)6)24(14-22(21)28)30(15-17(2)3)16-18(4)5/h8-11,13-14,17-18,20H,7,12,15-16H2,1-6H3,(H2,29,34)(H,32,33). The first-order valence-electron chi connectivity index (χ1n) is 11.9. The number of aliphatic carboxylic acids is 1. The zero-order valence-electron chi connectivity index (χ0n) is 21.1. The lowest BCUT2D eigenvalue weighted by Crippen LogP contribution is -2.36. The van der Waals surface area contributed by atoms with Gasteiger partial charge in [-0.05, 0) is 60.4 Å². The molecule has 0 aliphatic rings. The molecule has 2 amide bonds. The van der Waals surface area contributed by atoms with Crippen molar-refractivity contribution in [2.75, 3.05) is 22.9 Å². The molecule has 2 aromatic rings. The Labute approximate surface area is 202 Å². The van der Waals surface area contributed by atoms with E-state index in [0.29, 0.717) is 48.4 Å². The van der Waals surface area contributed by atoms with Crippen molar-refractivity contribution in [2.24, 2.45) is 17.6 Å². The van der Waals surface area contributed by atoms with E-state index in [2.05, 4.69) is 32.6 Å². The lowest BCUT2D eigenvalue weighted by Gasteiger charge is -2.34. The number of hydrogen-bond acceptors (Lipinski definition) is 3. The first-order valence-corrected chi connectivity index (χ1v) is 11.9. The Balaban J connectivity index is 2.85. The van der Waals surface area contributed by atoms with Crippen molar-refractivity contribution < 1.29 is 19.1 Å². The predicted molar refractivity (Wildman–Crippen MR) is 136 cm³/mol. The topological polar surface area (TPSA) is 86.9 Å². The monoisotopic (exact) mass is 471 g/mol. The van der Waals surface area contributed by atoms with Crippen LogP contribution >= 0.6 is 0 Å². The van der Waals surface area contributed by atoms with Crippen LogP contribution in [0.4, 0.5) is 26.2 Å². The summed E-state index contributed by atoms with van der Waals surface area (Å²) in [5, 5.41) is 9.37. The van der Waals surface area contributed by atoms with E-state index >= 15 is 4.39 Å². The first kappa shape index (κ1) is 27.2. The minimum Gasteiger partial charge on any atom is -0.481 e. The number of carbonyl (C=O) groups is 2. The van der Waals surface area contributed by atoms with Crippen molar-refractivity contribution >= 4 is 29.1 Å². The molecule has 186 valence electrons. The number of urea groups is 1. The van der Waals surface area contributed by atoms with Crippen molar-refractivity contribution in [2.45, 2.75) is 60.3 Å². The molecule has 0 saturated carbocycles. The van der Waals surface area contributed by atoms with E-state index in [1.807, 2.05) is 32.0 Å². The molecule has 0 aliphatic carbocycles. The second kappa shape index (κ2) is 11.9. The molecule has 2 aromatic carbocycles. The van der Waals surface area contributed by atoms with Gasteiger partial charge in [-0.2, -0.15) is 0 Å². The summed E-state index contributed by atoms with van der Waals surface area (Å²) >= 11 is 0. The largest absolute Gasteiger partial charge is 0.481 e. The average Bonchev–Trinajstić information content (AvgIpc) is 2.73. The fourth-order valence-corrected chi connectivity index (χ4v) is 4.33. The Kier molecular flexibility index (Phi) is 9.47. The lowest BCUT2D eigenvalue weighted by molar-refractivity contribution is -0.137. The third-order valence-corrected chi connectivity index (χ3v) is 5.78. The summed E-state index contributed by atoms with van der Waals surface area (Å²) in [5.74, 6) is -1.40. The number of para-hydroxylation sites is 1. The molecule has 1 unspecified atom stereocenters. The SMILES string of the molecule is CCC(CC(=O)O)c1cc(N(C(N)=O)c2ccccc2C)c(N(CC(C)C)CC(C)C)cc1F. The zero-order valence-corrected chi connectivity index (χ0v) is 21.1. The third kappa shape index (κ3) is 6.72. The van der Waals surface area contributed by atoms with Crippen LogP contribution in [0.3, 0.4) is 0 Å². The van der Waals surface area contributed by atoms with Crippen LogP contribution in [-0.4, -0.2) is 30.2 Å². The van der Waals surface area contributed by atoms with Crippen LogP contribution < -0.4 is 15.5 Å². The first-order chi connectivity index (χ1) is 16.0. The summed E-state index contributed by atoms with van der Waals surface area (Å²) < 4.78 is 15.5. The number of aryl methyl sites for hydroxylation is 1. The van der Waals surface area contributed by atoms with Crippen molar-refractivity contribution in [1.29, 1.82) is 0 Å². The van der Waals surface area contributed by atoms with Gasteiger partial charge in [0.05, 0.1) is 23.5 Å². The molecule has 0 bridgehead atoms. The van der Waals surface area contributed by atoms with Crippen LogP contribution in [0.25, 0.3) is 0 Å². The Bertz CT molecular complexity index is 997. The molecule has 0 spiro atoms. The van der Waals surface area contributed by atoms with Crippen LogP contribution in [0.2, 0.25) is 0 Å². The maximum Gasteiger partial charge on any atom is 0.323 e. The van der Waals surface area contributed by atoms with E-state index in [0.717, 1.165) is 5.56 Å². The van der Waals surface area contributed by atoms with Crippen LogP contribution in [0.5, 0.6) is 0 Å². The number of carboxylic acid groups (broad SMARTS) is 1. The number of hydrogen-bond donors (Lipinski definition) is 2. The molecule has 0 aromatic heterocycles. The number of halogens is 1. The van der Waals surface area contributed by atoms with Gasteiger partial charge >= 0.3 is 12.0 Å². The van der Waals surface area contributed by atoms with Gasteiger partial charge in [0.15, 0.2) is 0 Å². The number of amides is 2. The van der Waals surface area contributed by atoms with Crippen LogP contribution in [0.15, 0.2) is 36.4 Å². The average molecular weight is 472 g/mol. The molecule has 1 atom stereocenters. The van der Waals surface area contributed by atoms with Gasteiger partial charge in [0.25, 0.3) is 0 Å². The van der Waals surface area contributed by atoms with Crippen LogP contribution in [0, 0.1) is 24.6 Å². The van der Waals surface area contributed by atoms with Gasteiger partial charge in [0, 0.05) is 13.1 Å². The molecule has 6 nitrogen and oxygen atoms in total. The van der Waals surface area contributed by atoms with Gasteiger partial charge in [-0.1, -0.05) is 52.8 Å².